The minimum absolute atomic E-state index is 0.0847. The van der Waals surface area contributed by atoms with Gasteiger partial charge >= 0.3 is 39.5 Å². The number of hydrogen-bond donors (Lipinski definition) is 3. The van der Waals surface area contributed by atoms with E-state index in [2.05, 4.69) is 72.8 Å². The van der Waals surface area contributed by atoms with Crippen molar-refractivity contribution in [2.45, 2.75) is 381 Å². The summed E-state index contributed by atoms with van der Waals surface area (Å²) in [5.41, 5.74) is 0. The Balaban J connectivity index is 5.31. The quantitative estimate of drug-likeness (QED) is 0.0169. The standard InChI is InChI=1S/C76H144O17P2/c1-8-9-10-11-12-13-14-15-16-17-22-30-38-45-52-59-75(80)92-71(63-86-73(78)57-50-43-36-29-21-19-18-20-26-33-40-47-54-67(2)3)65-90-94(82,83)88-61-70(77)62-89-95(84,85)91-66-72(64-87-74(79)58-51-44-37-32-25-28-35-42-49-56-69(6)7)93-76(81)60-53-46-39-31-24-23-27-34-41-48-55-68(4)5/h13-16,67-72,77H,8-12,17-66H2,1-7H3,(H,82,83)(H,84,85)/b14-13-,16-15-/t70-,71-,72-/m1/s1. The zero-order chi connectivity index (χ0) is 70.1. The second-order valence-corrected chi connectivity index (χ2v) is 31.0. The van der Waals surface area contributed by atoms with E-state index in [1.165, 1.54) is 161 Å². The van der Waals surface area contributed by atoms with E-state index in [0.29, 0.717) is 25.7 Å². The maximum Gasteiger partial charge on any atom is 0.472 e. The van der Waals surface area contributed by atoms with E-state index in [1.54, 1.807) is 0 Å². The topological polar surface area (TPSA) is 237 Å². The minimum Gasteiger partial charge on any atom is -0.462 e. The number of ether oxygens (including phenoxy) is 4. The fourth-order valence-electron chi connectivity index (χ4n) is 11.1. The van der Waals surface area contributed by atoms with Crippen LogP contribution in [0.2, 0.25) is 0 Å². The van der Waals surface area contributed by atoms with Crippen LogP contribution in [-0.4, -0.2) is 96.7 Å². The minimum atomic E-state index is -4.97. The Morgan fingerprint density at radius 2 is 0.568 bits per heavy atom. The molecule has 0 spiro atoms. The van der Waals surface area contributed by atoms with Crippen molar-refractivity contribution in [1.29, 1.82) is 0 Å². The number of carbonyl (C=O) groups excluding carboxylic acids is 4. The van der Waals surface area contributed by atoms with Gasteiger partial charge in [-0.2, -0.15) is 0 Å². The van der Waals surface area contributed by atoms with Gasteiger partial charge in [0.1, 0.15) is 19.3 Å². The lowest BCUT2D eigenvalue weighted by molar-refractivity contribution is -0.161. The molecule has 0 aromatic heterocycles. The van der Waals surface area contributed by atoms with Crippen molar-refractivity contribution < 1.29 is 80.2 Å². The molecule has 0 bridgehead atoms. The molecule has 0 saturated heterocycles. The molecule has 2 unspecified atom stereocenters. The van der Waals surface area contributed by atoms with Gasteiger partial charge in [-0.25, -0.2) is 9.13 Å². The summed E-state index contributed by atoms with van der Waals surface area (Å²) in [6, 6.07) is 0. The van der Waals surface area contributed by atoms with Gasteiger partial charge in [-0.15, -0.1) is 0 Å². The molecule has 0 fully saturated rings. The average molecular weight is 1390 g/mol. The number of hydrogen-bond acceptors (Lipinski definition) is 15. The monoisotopic (exact) mass is 1390 g/mol. The number of phosphoric ester groups is 2. The van der Waals surface area contributed by atoms with Crippen molar-refractivity contribution in [3.63, 3.8) is 0 Å². The molecule has 0 aromatic carbocycles. The first-order chi connectivity index (χ1) is 45.7. The first-order valence-electron chi connectivity index (χ1n) is 38.7. The SMILES string of the molecule is CCCCCC/C=C\C=C/CCCCCCCC(=O)O[C@H](COC(=O)CCCCCCCCCCCCCCC(C)C)COP(=O)(O)OC[C@@H](O)COP(=O)(O)OC[C@@H](COC(=O)CCCCCCCCCCCC(C)C)OC(=O)CCCCCCCCCCCCC(C)C. The van der Waals surface area contributed by atoms with Crippen LogP contribution < -0.4 is 0 Å². The summed E-state index contributed by atoms with van der Waals surface area (Å²) in [6.45, 7) is 11.8. The van der Waals surface area contributed by atoms with Crippen LogP contribution in [0.15, 0.2) is 24.3 Å². The van der Waals surface area contributed by atoms with Gasteiger partial charge in [-0.1, -0.05) is 310 Å². The molecule has 95 heavy (non-hydrogen) atoms. The zero-order valence-electron chi connectivity index (χ0n) is 61.6. The normalized spacial score (nSPS) is 14.2. The smallest absolute Gasteiger partial charge is 0.462 e. The van der Waals surface area contributed by atoms with E-state index in [-0.39, 0.29) is 25.7 Å². The molecule has 17 nitrogen and oxygen atoms in total. The Morgan fingerprint density at radius 1 is 0.326 bits per heavy atom. The van der Waals surface area contributed by atoms with Crippen LogP contribution in [0.5, 0.6) is 0 Å². The van der Waals surface area contributed by atoms with E-state index in [9.17, 15) is 43.2 Å². The van der Waals surface area contributed by atoms with Crippen molar-refractivity contribution in [2.75, 3.05) is 39.6 Å². The van der Waals surface area contributed by atoms with Gasteiger partial charge in [-0.3, -0.25) is 37.3 Å². The predicted molar refractivity (Wildman–Crippen MR) is 386 cm³/mol. The number of aliphatic hydroxyl groups is 1. The lowest BCUT2D eigenvalue weighted by atomic mass is 10.0. The zero-order valence-corrected chi connectivity index (χ0v) is 63.4. The molecule has 560 valence electrons. The van der Waals surface area contributed by atoms with Gasteiger partial charge in [0.25, 0.3) is 0 Å². The highest BCUT2D eigenvalue weighted by Gasteiger charge is 2.30. The van der Waals surface area contributed by atoms with E-state index in [1.807, 2.05) is 0 Å². The predicted octanol–water partition coefficient (Wildman–Crippen LogP) is 21.7. The summed E-state index contributed by atoms with van der Waals surface area (Å²) in [6.07, 6.45) is 54.8. The molecule has 0 radical (unpaired) electrons. The van der Waals surface area contributed by atoms with Crippen LogP contribution in [0.1, 0.15) is 363 Å². The Kier molecular flexibility index (Phi) is 64.4. The number of allylic oxidation sites excluding steroid dienone is 4. The molecular formula is C76H144O17P2. The molecule has 0 heterocycles. The molecular weight excluding hydrogens is 1250 g/mol. The Hall–Kier alpha value is -2.46. The lowest BCUT2D eigenvalue weighted by Crippen LogP contribution is -2.30. The van der Waals surface area contributed by atoms with Crippen LogP contribution in [0.3, 0.4) is 0 Å². The van der Waals surface area contributed by atoms with Gasteiger partial charge in [-0.05, 0) is 69.1 Å². The van der Waals surface area contributed by atoms with Crippen molar-refractivity contribution in [1.82, 2.24) is 0 Å². The van der Waals surface area contributed by atoms with Gasteiger partial charge in [0.15, 0.2) is 12.2 Å². The third-order valence-corrected chi connectivity index (χ3v) is 18.9. The molecule has 0 amide bonds. The third kappa shape index (κ3) is 69.8. The molecule has 0 aliphatic carbocycles. The van der Waals surface area contributed by atoms with Gasteiger partial charge < -0.3 is 33.8 Å². The summed E-state index contributed by atoms with van der Waals surface area (Å²) < 4.78 is 68.5. The van der Waals surface area contributed by atoms with Crippen molar-refractivity contribution in [3.05, 3.63) is 24.3 Å². The molecule has 0 aromatic rings. The maximum atomic E-state index is 13.1. The molecule has 19 heteroatoms. The van der Waals surface area contributed by atoms with E-state index in [0.717, 1.165) is 120 Å². The number of esters is 4. The fraction of sp³-hybridized carbons (Fsp3) is 0.895. The second-order valence-electron chi connectivity index (χ2n) is 28.1. The summed E-state index contributed by atoms with van der Waals surface area (Å²) in [5, 5.41) is 10.6. The van der Waals surface area contributed by atoms with Gasteiger partial charge in [0, 0.05) is 25.7 Å². The largest absolute Gasteiger partial charge is 0.472 e. The first-order valence-corrected chi connectivity index (χ1v) is 41.7. The fourth-order valence-corrected chi connectivity index (χ4v) is 12.6. The Bertz CT molecular complexity index is 1950. The molecule has 0 aliphatic heterocycles. The van der Waals surface area contributed by atoms with Crippen LogP contribution >= 0.6 is 15.6 Å². The number of unbranched alkanes of at least 4 members (excludes halogenated alkanes) is 37. The highest BCUT2D eigenvalue weighted by molar-refractivity contribution is 7.47. The Labute approximate surface area is 580 Å². The number of carbonyl (C=O) groups is 4. The van der Waals surface area contributed by atoms with Crippen LogP contribution in [0.4, 0.5) is 0 Å². The van der Waals surface area contributed by atoms with Gasteiger partial charge in [0.2, 0.25) is 0 Å². The molecule has 3 N–H and O–H groups in total. The van der Waals surface area contributed by atoms with Crippen molar-refractivity contribution >= 4 is 39.5 Å². The first kappa shape index (κ1) is 92.5. The summed E-state index contributed by atoms with van der Waals surface area (Å²) in [4.78, 5) is 72.8. The van der Waals surface area contributed by atoms with E-state index >= 15 is 0 Å². The maximum absolute atomic E-state index is 13.1. The summed E-state index contributed by atoms with van der Waals surface area (Å²) in [7, 11) is -9.93. The van der Waals surface area contributed by atoms with E-state index in [4.69, 9.17) is 37.0 Å². The third-order valence-electron chi connectivity index (χ3n) is 17.0. The van der Waals surface area contributed by atoms with Crippen molar-refractivity contribution in [2.24, 2.45) is 17.8 Å². The highest BCUT2D eigenvalue weighted by Crippen LogP contribution is 2.45. The second kappa shape index (κ2) is 66.1. The lowest BCUT2D eigenvalue weighted by Gasteiger charge is -2.21. The Morgan fingerprint density at radius 3 is 0.853 bits per heavy atom. The van der Waals surface area contributed by atoms with Gasteiger partial charge in [0.05, 0.1) is 26.4 Å². The molecule has 5 atom stereocenters. The number of phosphoric acid groups is 2. The summed E-state index contributed by atoms with van der Waals surface area (Å²) >= 11 is 0. The summed E-state index contributed by atoms with van der Waals surface area (Å²) in [5.74, 6) is 0.124. The molecule has 0 saturated carbocycles. The van der Waals surface area contributed by atoms with Crippen LogP contribution in [-0.2, 0) is 65.4 Å². The van der Waals surface area contributed by atoms with Crippen LogP contribution in [0, 0.1) is 17.8 Å². The van der Waals surface area contributed by atoms with Crippen molar-refractivity contribution in [3.8, 4) is 0 Å². The number of rotatable bonds is 72. The highest BCUT2D eigenvalue weighted by atomic mass is 31.2. The van der Waals surface area contributed by atoms with Crippen LogP contribution in [0.25, 0.3) is 0 Å². The molecule has 0 rings (SSSR count). The molecule has 0 aliphatic rings. The van der Waals surface area contributed by atoms with E-state index < -0.39 is 97.5 Å². The number of aliphatic hydroxyl groups excluding tert-OH is 1. The average Bonchev–Trinajstić information content (AvgIpc) is 1.64.